The van der Waals surface area contributed by atoms with Gasteiger partial charge in [-0.3, -0.25) is 9.78 Å². The summed E-state index contributed by atoms with van der Waals surface area (Å²) in [7, 11) is 0. The van der Waals surface area contributed by atoms with E-state index in [1.807, 2.05) is 4.90 Å². The molecular formula is C14H13F3N4OS. The number of aromatic nitrogens is 2. The molecule has 0 aromatic carbocycles. The van der Waals surface area contributed by atoms with E-state index in [4.69, 9.17) is 0 Å². The quantitative estimate of drug-likeness (QED) is 0.911. The first-order chi connectivity index (χ1) is 10.8. The summed E-state index contributed by atoms with van der Waals surface area (Å²) in [5.41, 5.74) is 0.555. The van der Waals surface area contributed by atoms with Gasteiger partial charge in [-0.25, -0.2) is 4.98 Å². The second-order valence-corrected chi connectivity index (χ2v) is 6.25. The average Bonchev–Trinajstić information content (AvgIpc) is 2.86. The molecule has 1 N–H and O–H groups in total. The molecule has 0 radical (unpaired) electrons. The van der Waals surface area contributed by atoms with Crippen molar-refractivity contribution in [2.75, 3.05) is 16.8 Å². The molecule has 1 amide bonds. The molecule has 0 atom stereocenters. The molecule has 0 saturated carbocycles. The van der Waals surface area contributed by atoms with Crippen LogP contribution in [0.25, 0.3) is 0 Å². The maximum Gasteiger partial charge on any atom is 0.417 e. The number of hydrogen-bond donors (Lipinski definition) is 1. The molecule has 1 aliphatic rings. The molecule has 1 aliphatic heterocycles. The zero-order valence-electron chi connectivity index (χ0n) is 12.1. The Morgan fingerprint density at radius 3 is 2.87 bits per heavy atom. The van der Waals surface area contributed by atoms with Crippen LogP contribution in [-0.4, -0.2) is 22.4 Å². The Hall–Kier alpha value is -2.16. The van der Waals surface area contributed by atoms with Gasteiger partial charge >= 0.3 is 6.18 Å². The Morgan fingerprint density at radius 1 is 1.39 bits per heavy atom. The third-order valence-electron chi connectivity index (χ3n) is 3.43. The molecule has 2 aromatic rings. The first-order valence-corrected chi connectivity index (χ1v) is 7.68. The molecule has 0 aliphatic carbocycles. The van der Waals surface area contributed by atoms with Crippen LogP contribution in [-0.2, 0) is 23.9 Å². The van der Waals surface area contributed by atoms with Crippen molar-refractivity contribution in [3.8, 4) is 0 Å². The summed E-state index contributed by atoms with van der Waals surface area (Å²) < 4.78 is 38.4. The number of fused-ring (bicyclic) bond motifs is 1. The summed E-state index contributed by atoms with van der Waals surface area (Å²) in [4.78, 5) is 21.9. The van der Waals surface area contributed by atoms with Gasteiger partial charge in [0.05, 0.1) is 29.7 Å². The number of thiazole rings is 1. The number of nitrogens with zero attached hydrogens (tertiary/aromatic N) is 3. The average molecular weight is 342 g/mol. The second-order valence-electron chi connectivity index (χ2n) is 5.17. The second kappa shape index (κ2) is 5.80. The highest BCUT2D eigenvalue weighted by Crippen LogP contribution is 2.34. The predicted molar refractivity (Wildman–Crippen MR) is 80.4 cm³/mol. The minimum atomic E-state index is -4.41. The van der Waals surface area contributed by atoms with Gasteiger partial charge in [0.1, 0.15) is 0 Å². The van der Waals surface area contributed by atoms with Gasteiger partial charge in [-0.2, -0.15) is 13.2 Å². The lowest BCUT2D eigenvalue weighted by atomic mass is 10.1. The van der Waals surface area contributed by atoms with E-state index >= 15 is 0 Å². The molecule has 0 bridgehead atoms. The van der Waals surface area contributed by atoms with E-state index in [1.165, 1.54) is 24.5 Å². The summed E-state index contributed by atoms with van der Waals surface area (Å²) in [5.74, 6) is -0.199. The highest BCUT2D eigenvalue weighted by Gasteiger charge is 2.32. The van der Waals surface area contributed by atoms with E-state index in [0.29, 0.717) is 30.3 Å². The van der Waals surface area contributed by atoms with E-state index < -0.39 is 11.7 Å². The van der Waals surface area contributed by atoms with Gasteiger partial charge in [0.15, 0.2) is 5.13 Å². The lowest BCUT2D eigenvalue weighted by molar-refractivity contribution is -0.137. The van der Waals surface area contributed by atoms with Crippen LogP contribution in [0.4, 0.5) is 24.0 Å². The minimum absolute atomic E-state index is 0.199. The molecule has 0 spiro atoms. The molecule has 3 heterocycles. The summed E-state index contributed by atoms with van der Waals surface area (Å²) in [5, 5.41) is 3.15. The van der Waals surface area contributed by atoms with E-state index in [9.17, 15) is 18.0 Å². The Kier molecular flexibility index (Phi) is 3.97. The van der Waals surface area contributed by atoms with E-state index in [-0.39, 0.29) is 5.91 Å². The summed E-state index contributed by atoms with van der Waals surface area (Å²) >= 11 is 1.34. The maximum absolute atomic E-state index is 12.8. The largest absolute Gasteiger partial charge is 0.417 e. The van der Waals surface area contributed by atoms with E-state index in [0.717, 1.165) is 22.8 Å². The van der Waals surface area contributed by atoms with Gasteiger partial charge in [-0.05, 0) is 6.07 Å². The molecule has 5 nitrogen and oxygen atoms in total. The Labute approximate surface area is 134 Å². The van der Waals surface area contributed by atoms with Crippen LogP contribution in [0.1, 0.15) is 23.1 Å². The number of carbonyl (C=O) groups is 1. The fraction of sp³-hybridized carbons (Fsp3) is 0.357. The van der Waals surface area contributed by atoms with Crippen molar-refractivity contribution in [3.63, 3.8) is 0 Å². The number of alkyl halides is 3. The predicted octanol–water partition coefficient (Wildman–Crippen LogP) is 3.08. The number of rotatable bonds is 2. The van der Waals surface area contributed by atoms with Gasteiger partial charge < -0.3 is 10.2 Å². The van der Waals surface area contributed by atoms with Crippen LogP contribution in [0, 0.1) is 0 Å². The van der Waals surface area contributed by atoms with Crippen LogP contribution >= 0.6 is 11.3 Å². The number of nitrogens with one attached hydrogen (secondary N) is 1. The molecule has 122 valence electrons. The van der Waals surface area contributed by atoms with E-state index in [2.05, 4.69) is 15.3 Å². The van der Waals surface area contributed by atoms with Crippen molar-refractivity contribution in [1.29, 1.82) is 0 Å². The van der Waals surface area contributed by atoms with Crippen LogP contribution in [0.15, 0.2) is 18.5 Å². The lowest BCUT2D eigenvalue weighted by Crippen LogP contribution is -2.30. The van der Waals surface area contributed by atoms with Gasteiger partial charge in [0, 0.05) is 31.0 Å². The monoisotopic (exact) mass is 342 g/mol. The Balaban J connectivity index is 1.82. The van der Waals surface area contributed by atoms with Gasteiger partial charge in [0.2, 0.25) is 5.91 Å². The van der Waals surface area contributed by atoms with Crippen molar-refractivity contribution in [3.05, 3.63) is 34.6 Å². The van der Waals surface area contributed by atoms with Gasteiger partial charge in [-0.1, -0.05) is 11.3 Å². The minimum Gasteiger partial charge on any atom is -0.365 e. The third-order valence-corrected chi connectivity index (χ3v) is 4.43. The standard InChI is InChI=1S/C14H13F3N4OS/c1-8(22)19-13-20-11-2-3-21(7-12(11)23-13)10-4-9(5-18-6-10)14(15,16)17/h4-6H,2-3,7H2,1H3,(H,19,20,22). The number of pyridine rings is 1. The molecule has 3 rings (SSSR count). The molecular weight excluding hydrogens is 329 g/mol. The SMILES string of the molecule is CC(=O)Nc1nc2c(s1)CN(c1cncc(C(F)(F)F)c1)CC2. The number of halogens is 3. The molecule has 0 fully saturated rings. The molecule has 2 aromatic heterocycles. The first kappa shape index (κ1) is 15.7. The Morgan fingerprint density at radius 2 is 2.17 bits per heavy atom. The fourth-order valence-corrected chi connectivity index (χ4v) is 3.45. The number of hydrogen-bond acceptors (Lipinski definition) is 5. The summed E-state index contributed by atoms with van der Waals surface area (Å²) in [6.45, 7) is 2.41. The van der Waals surface area contributed by atoms with Crippen LogP contribution < -0.4 is 10.2 Å². The fourth-order valence-electron chi connectivity index (χ4n) is 2.38. The number of anilines is 2. The van der Waals surface area contributed by atoms with Crippen molar-refractivity contribution in [2.45, 2.75) is 26.1 Å². The van der Waals surface area contributed by atoms with Crippen molar-refractivity contribution in [1.82, 2.24) is 9.97 Å². The van der Waals surface area contributed by atoms with Crippen LogP contribution in [0.2, 0.25) is 0 Å². The van der Waals surface area contributed by atoms with Crippen molar-refractivity contribution >= 4 is 28.1 Å². The maximum atomic E-state index is 12.8. The highest BCUT2D eigenvalue weighted by atomic mass is 32.1. The summed E-state index contributed by atoms with van der Waals surface area (Å²) in [6, 6.07) is 1.10. The molecule has 0 unspecified atom stereocenters. The van der Waals surface area contributed by atoms with Gasteiger partial charge in [-0.15, -0.1) is 0 Å². The molecule has 23 heavy (non-hydrogen) atoms. The molecule has 0 saturated heterocycles. The van der Waals surface area contributed by atoms with Crippen LogP contribution in [0.3, 0.4) is 0 Å². The van der Waals surface area contributed by atoms with Gasteiger partial charge in [0.25, 0.3) is 0 Å². The zero-order chi connectivity index (χ0) is 16.6. The normalized spacial score (nSPS) is 14.5. The highest BCUT2D eigenvalue weighted by molar-refractivity contribution is 7.15. The molecule has 9 heteroatoms. The first-order valence-electron chi connectivity index (χ1n) is 6.86. The van der Waals surface area contributed by atoms with Crippen molar-refractivity contribution in [2.24, 2.45) is 0 Å². The number of carbonyl (C=O) groups excluding carboxylic acids is 1. The number of amides is 1. The Bertz CT molecular complexity index is 744. The van der Waals surface area contributed by atoms with Crippen LogP contribution in [0.5, 0.6) is 0 Å². The summed E-state index contributed by atoms with van der Waals surface area (Å²) in [6.07, 6.45) is -1.55. The van der Waals surface area contributed by atoms with E-state index in [1.54, 1.807) is 0 Å². The van der Waals surface area contributed by atoms with Crippen molar-refractivity contribution < 1.29 is 18.0 Å². The topological polar surface area (TPSA) is 58.1 Å². The third kappa shape index (κ3) is 3.44. The smallest absolute Gasteiger partial charge is 0.365 e. The zero-order valence-corrected chi connectivity index (χ0v) is 13.0. The lowest BCUT2D eigenvalue weighted by Gasteiger charge is -2.28.